The fraction of sp³-hybridized carbons (Fsp3) is 0.333. The molecule has 1 aromatic rings. The first-order valence-corrected chi connectivity index (χ1v) is 4.73. The van der Waals surface area contributed by atoms with Crippen LogP contribution >= 0.6 is 0 Å². The predicted molar refractivity (Wildman–Crippen MR) is 56.6 cm³/mol. The van der Waals surface area contributed by atoms with Crippen LogP contribution in [0.5, 0.6) is 0 Å². The number of carbonyl (C=O) groups excluding carboxylic acids is 1. The minimum absolute atomic E-state index is 0.409. The summed E-state index contributed by atoms with van der Waals surface area (Å²) >= 11 is 0. The van der Waals surface area contributed by atoms with Crippen LogP contribution in [-0.2, 0) is 9.63 Å². The summed E-state index contributed by atoms with van der Waals surface area (Å²) in [6.07, 6.45) is 1.62. The second-order valence-corrected chi connectivity index (χ2v) is 2.49. The predicted octanol–water partition coefficient (Wildman–Crippen LogP) is 1.24. The molecule has 0 fully saturated rings. The zero-order valence-electron chi connectivity index (χ0n) is 8.94. The molecule has 0 saturated carbocycles. The first-order valence-electron chi connectivity index (χ1n) is 4.73. The van der Waals surface area contributed by atoms with Crippen LogP contribution < -0.4 is 16.1 Å². The van der Waals surface area contributed by atoms with Gasteiger partial charge in [0.15, 0.2) is 0 Å². The normalized spacial score (nSPS) is 12.1. The summed E-state index contributed by atoms with van der Waals surface area (Å²) in [5.41, 5.74) is 6.19. The molecular weight excluding hydrogens is 196 g/mol. The molecule has 0 bridgehead atoms. The van der Waals surface area contributed by atoms with Gasteiger partial charge in [-0.1, -0.05) is 19.0 Å². The van der Waals surface area contributed by atoms with Crippen LogP contribution in [-0.4, -0.2) is 11.0 Å². The van der Waals surface area contributed by atoms with E-state index in [-0.39, 0.29) is 0 Å². The Labute approximate surface area is 88.1 Å². The molecule has 0 unspecified atom stereocenters. The van der Waals surface area contributed by atoms with E-state index in [0.717, 1.165) is 5.69 Å². The van der Waals surface area contributed by atoms with E-state index in [1.165, 1.54) is 12.1 Å². The zero-order chi connectivity index (χ0) is 11.3. The van der Waals surface area contributed by atoms with Gasteiger partial charge < -0.3 is 4.84 Å². The molecule has 15 heavy (non-hydrogen) atoms. The Balaban J connectivity index is 0.000000531. The Bertz CT molecular complexity index is 343. The molecular formula is C9H14N4O2. The van der Waals surface area contributed by atoms with E-state index in [2.05, 4.69) is 15.9 Å². The summed E-state index contributed by atoms with van der Waals surface area (Å²) in [6, 6.07) is 3.60. The van der Waals surface area contributed by atoms with E-state index in [9.17, 15) is 4.79 Å². The number of rotatable bonds is 1. The second-order valence-electron chi connectivity index (χ2n) is 2.49. The molecule has 0 aromatic carbocycles. The molecule has 82 valence electrons. The number of hydrogen-bond acceptors (Lipinski definition) is 6. The van der Waals surface area contributed by atoms with Gasteiger partial charge in [0.1, 0.15) is 0 Å². The third kappa shape index (κ3) is 2.57. The smallest absolute Gasteiger partial charge is 0.322 e. The highest BCUT2D eigenvalue weighted by molar-refractivity contribution is 5.72. The van der Waals surface area contributed by atoms with Gasteiger partial charge in [-0.3, -0.25) is 5.43 Å². The second kappa shape index (κ2) is 5.16. The van der Waals surface area contributed by atoms with Gasteiger partial charge in [0.2, 0.25) is 5.82 Å². The van der Waals surface area contributed by atoms with Gasteiger partial charge >= 0.3 is 5.97 Å². The molecule has 0 spiro atoms. The monoisotopic (exact) mass is 210 g/mol. The SMILES string of the molecule is CC.CC(=O)ON1NNc2cccnc21. The first-order chi connectivity index (χ1) is 7.27. The first kappa shape index (κ1) is 11.3. The van der Waals surface area contributed by atoms with Crippen molar-refractivity contribution in [3.63, 3.8) is 0 Å². The van der Waals surface area contributed by atoms with Crippen molar-refractivity contribution in [3.8, 4) is 0 Å². The van der Waals surface area contributed by atoms with Crippen LogP contribution in [0.1, 0.15) is 20.8 Å². The molecule has 0 radical (unpaired) electrons. The number of hydrogen-bond donors (Lipinski definition) is 2. The van der Waals surface area contributed by atoms with Gasteiger partial charge in [-0.25, -0.2) is 9.78 Å². The molecule has 6 heteroatoms. The Hall–Kier alpha value is -1.82. The number of aromatic nitrogens is 1. The molecule has 2 N–H and O–H groups in total. The number of nitrogens with zero attached hydrogens (tertiary/aromatic N) is 2. The van der Waals surface area contributed by atoms with E-state index >= 15 is 0 Å². The largest absolute Gasteiger partial charge is 0.331 e. The summed E-state index contributed by atoms with van der Waals surface area (Å²) in [7, 11) is 0. The van der Waals surface area contributed by atoms with Crippen molar-refractivity contribution in [2.24, 2.45) is 0 Å². The molecule has 0 amide bonds. The van der Waals surface area contributed by atoms with E-state index < -0.39 is 5.97 Å². The molecule has 2 rings (SSSR count). The lowest BCUT2D eigenvalue weighted by molar-refractivity contribution is -0.143. The molecule has 0 aliphatic carbocycles. The maximum Gasteiger partial charge on any atom is 0.331 e. The maximum absolute atomic E-state index is 10.7. The van der Waals surface area contributed by atoms with Crippen molar-refractivity contribution in [1.82, 2.24) is 10.5 Å². The highest BCUT2D eigenvalue weighted by Crippen LogP contribution is 2.24. The standard InChI is InChI=1S/C7H8N4O2.C2H6/c1-5(12)13-11-7-6(9-10-11)3-2-4-8-7;1-2/h2-4,9-10H,1H3;1-2H3. The molecule has 2 heterocycles. The highest BCUT2D eigenvalue weighted by Gasteiger charge is 2.21. The Kier molecular flexibility index (Phi) is 3.87. The van der Waals surface area contributed by atoms with Gasteiger partial charge in [-0.2, -0.15) is 0 Å². The Morgan fingerprint density at radius 2 is 2.27 bits per heavy atom. The van der Waals surface area contributed by atoms with E-state index in [4.69, 9.17) is 4.84 Å². The fourth-order valence-electron chi connectivity index (χ4n) is 1.01. The maximum atomic E-state index is 10.7. The minimum atomic E-state index is -0.409. The van der Waals surface area contributed by atoms with Crippen LogP contribution in [0.4, 0.5) is 11.5 Å². The van der Waals surface area contributed by atoms with Crippen molar-refractivity contribution in [3.05, 3.63) is 18.3 Å². The number of pyridine rings is 1. The Morgan fingerprint density at radius 3 is 2.93 bits per heavy atom. The van der Waals surface area contributed by atoms with Gasteiger partial charge in [0.05, 0.1) is 5.69 Å². The van der Waals surface area contributed by atoms with Crippen molar-refractivity contribution in [2.75, 3.05) is 10.6 Å². The van der Waals surface area contributed by atoms with Crippen molar-refractivity contribution in [2.45, 2.75) is 20.8 Å². The average molecular weight is 210 g/mol. The van der Waals surface area contributed by atoms with Crippen LogP contribution in [0, 0.1) is 0 Å². The summed E-state index contributed by atoms with van der Waals surface area (Å²) in [5.74, 6) is 0.130. The van der Waals surface area contributed by atoms with Gasteiger partial charge in [0.25, 0.3) is 0 Å². The van der Waals surface area contributed by atoms with Gasteiger partial charge in [-0.05, 0) is 12.1 Å². The fourth-order valence-corrected chi connectivity index (χ4v) is 1.01. The number of anilines is 2. The number of carbonyl (C=O) groups is 1. The molecule has 1 aliphatic rings. The highest BCUT2D eigenvalue weighted by atomic mass is 16.7. The van der Waals surface area contributed by atoms with Crippen LogP contribution in [0.15, 0.2) is 18.3 Å². The van der Waals surface area contributed by atoms with E-state index in [1.807, 2.05) is 19.9 Å². The quantitative estimate of drug-likeness (QED) is 0.727. The number of hydrazine groups is 2. The number of fused-ring (bicyclic) bond motifs is 1. The lowest BCUT2D eigenvalue weighted by atomic mass is 10.4. The third-order valence-electron chi connectivity index (χ3n) is 1.49. The molecule has 0 atom stereocenters. The van der Waals surface area contributed by atoms with Crippen molar-refractivity contribution in [1.29, 1.82) is 0 Å². The van der Waals surface area contributed by atoms with E-state index in [0.29, 0.717) is 5.82 Å². The lowest BCUT2D eigenvalue weighted by Gasteiger charge is -2.13. The minimum Gasteiger partial charge on any atom is -0.322 e. The van der Waals surface area contributed by atoms with E-state index in [1.54, 1.807) is 12.3 Å². The summed E-state index contributed by atoms with van der Waals surface area (Å²) in [6.45, 7) is 5.32. The topological polar surface area (TPSA) is 66.5 Å². The summed E-state index contributed by atoms with van der Waals surface area (Å²) < 4.78 is 0. The van der Waals surface area contributed by atoms with Gasteiger partial charge in [-0.15, -0.1) is 5.53 Å². The van der Waals surface area contributed by atoms with Crippen LogP contribution in [0.3, 0.4) is 0 Å². The Morgan fingerprint density at radius 1 is 1.53 bits per heavy atom. The zero-order valence-corrected chi connectivity index (χ0v) is 8.94. The van der Waals surface area contributed by atoms with Crippen molar-refractivity contribution >= 4 is 17.5 Å². The average Bonchev–Trinajstić information content (AvgIpc) is 2.64. The molecule has 6 nitrogen and oxygen atoms in total. The van der Waals surface area contributed by atoms with Crippen LogP contribution in [0.25, 0.3) is 0 Å². The van der Waals surface area contributed by atoms with Crippen LogP contribution in [0.2, 0.25) is 0 Å². The van der Waals surface area contributed by atoms with Crippen molar-refractivity contribution < 1.29 is 9.63 Å². The summed E-state index contributed by atoms with van der Waals surface area (Å²) in [5, 5.41) is 1.18. The molecule has 1 aliphatic heterocycles. The lowest BCUT2D eigenvalue weighted by Crippen LogP contribution is -2.37. The number of nitrogens with one attached hydrogen (secondary N) is 2. The molecule has 1 aromatic heterocycles. The third-order valence-corrected chi connectivity index (χ3v) is 1.49. The molecule has 0 saturated heterocycles. The summed E-state index contributed by atoms with van der Waals surface area (Å²) in [4.78, 5) is 19.5. The van der Waals surface area contributed by atoms with Gasteiger partial charge in [0, 0.05) is 13.1 Å².